The molecule has 1 aliphatic rings. The molecule has 0 atom stereocenters. The molecule has 2 rings (SSSR count). The Kier molecular flexibility index (Phi) is 0.835. The molecule has 0 amide bonds. The van der Waals surface area contributed by atoms with Crippen LogP contribution in [-0.2, 0) is 0 Å². The molecule has 1 heterocycles. The highest BCUT2D eigenvalue weighted by atomic mass is 16.4. The average molecular weight is 123 g/mol. The minimum atomic E-state index is 0.539. The predicted molar refractivity (Wildman–Crippen MR) is 35.1 cm³/mol. The van der Waals surface area contributed by atoms with Gasteiger partial charge in [0.25, 0.3) is 0 Å². The second kappa shape index (κ2) is 1.53. The van der Waals surface area contributed by atoms with Gasteiger partial charge in [-0.15, -0.1) is 0 Å². The van der Waals surface area contributed by atoms with E-state index in [1.54, 1.807) is 0 Å². The topological polar surface area (TPSA) is 39.2 Å². The average Bonchev–Trinajstić information content (AvgIpc) is 2.58. The summed E-state index contributed by atoms with van der Waals surface area (Å²) in [5.74, 6) is 2.28. The molecule has 0 bridgehead atoms. The Labute approximate surface area is 53.7 Å². The molecular weight excluding hydrogens is 114 g/mol. The summed E-state index contributed by atoms with van der Waals surface area (Å²) < 4.78 is 5.19. The summed E-state index contributed by atoms with van der Waals surface area (Å²) in [6, 6.07) is 3.78. The van der Waals surface area contributed by atoms with E-state index in [4.69, 9.17) is 10.2 Å². The molecule has 1 aromatic heterocycles. The van der Waals surface area contributed by atoms with Crippen LogP contribution in [0, 0.1) is 0 Å². The smallest absolute Gasteiger partial charge is 0.190 e. The molecule has 2 heteroatoms. The van der Waals surface area contributed by atoms with Gasteiger partial charge >= 0.3 is 0 Å². The quantitative estimate of drug-likeness (QED) is 0.617. The molecule has 48 valence electrons. The van der Waals surface area contributed by atoms with Gasteiger partial charge in [0.05, 0.1) is 0 Å². The molecule has 0 spiro atoms. The zero-order chi connectivity index (χ0) is 6.27. The van der Waals surface area contributed by atoms with Gasteiger partial charge in [-0.2, -0.15) is 0 Å². The Hall–Kier alpha value is -0.920. The number of nitrogens with two attached hydrogens (primary N) is 1. The van der Waals surface area contributed by atoms with Crippen LogP contribution in [0.2, 0.25) is 0 Å². The van der Waals surface area contributed by atoms with Crippen LogP contribution in [0.4, 0.5) is 5.88 Å². The van der Waals surface area contributed by atoms with Crippen LogP contribution in [0.3, 0.4) is 0 Å². The summed E-state index contributed by atoms with van der Waals surface area (Å²) in [5, 5.41) is 0. The molecule has 9 heavy (non-hydrogen) atoms. The summed E-state index contributed by atoms with van der Waals surface area (Å²) in [6.07, 6.45) is 2.54. The molecule has 0 radical (unpaired) electrons. The summed E-state index contributed by atoms with van der Waals surface area (Å²) in [5.41, 5.74) is 5.38. The van der Waals surface area contributed by atoms with Crippen molar-refractivity contribution in [3.63, 3.8) is 0 Å². The maximum Gasteiger partial charge on any atom is 0.190 e. The Balaban J connectivity index is 2.28. The summed E-state index contributed by atoms with van der Waals surface area (Å²) in [6.45, 7) is 0. The third-order valence-corrected chi connectivity index (χ3v) is 1.63. The molecule has 2 nitrogen and oxygen atoms in total. The second-order valence-electron chi connectivity index (χ2n) is 2.51. The van der Waals surface area contributed by atoms with Gasteiger partial charge in [-0.25, -0.2) is 0 Å². The zero-order valence-electron chi connectivity index (χ0n) is 5.13. The fourth-order valence-corrected chi connectivity index (χ4v) is 0.956. The van der Waals surface area contributed by atoms with E-state index < -0.39 is 0 Å². The highest BCUT2D eigenvalue weighted by Crippen LogP contribution is 2.40. The normalized spacial score (nSPS) is 18.2. The number of anilines is 1. The van der Waals surface area contributed by atoms with E-state index in [1.807, 2.05) is 12.1 Å². The van der Waals surface area contributed by atoms with Gasteiger partial charge in [-0.05, 0) is 18.9 Å². The van der Waals surface area contributed by atoms with Crippen LogP contribution in [0.15, 0.2) is 16.5 Å². The van der Waals surface area contributed by atoms with Gasteiger partial charge in [-0.3, -0.25) is 0 Å². The van der Waals surface area contributed by atoms with E-state index in [1.165, 1.54) is 12.8 Å². The highest BCUT2D eigenvalue weighted by molar-refractivity contribution is 5.28. The first-order chi connectivity index (χ1) is 4.36. The van der Waals surface area contributed by atoms with E-state index in [0.717, 1.165) is 5.76 Å². The summed E-state index contributed by atoms with van der Waals surface area (Å²) >= 11 is 0. The summed E-state index contributed by atoms with van der Waals surface area (Å²) in [7, 11) is 0. The number of hydrogen-bond donors (Lipinski definition) is 1. The van der Waals surface area contributed by atoms with E-state index in [9.17, 15) is 0 Å². The van der Waals surface area contributed by atoms with Gasteiger partial charge < -0.3 is 10.2 Å². The Morgan fingerprint density at radius 1 is 1.44 bits per heavy atom. The monoisotopic (exact) mass is 123 g/mol. The Bertz CT molecular complexity index is 212. The van der Waals surface area contributed by atoms with Gasteiger partial charge in [0.2, 0.25) is 0 Å². The SMILES string of the molecule is Nc1ccc(C2CC2)o1. The highest BCUT2D eigenvalue weighted by Gasteiger charge is 2.26. The first-order valence-corrected chi connectivity index (χ1v) is 3.21. The number of rotatable bonds is 1. The molecule has 0 unspecified atom stereocenters. The Morgan fingerprint density at radius 3 is 2.67 bits per heavy atom. The molecule has 0 aliphatic heterocycles. The van der Waals surface area contributed by atoms with Crippen LogP contribution in [0.25, 0.3) is 0 Å². The second-order valence-corrected chi connectivity index (χ2v) is 2.51. The molecule has 1 fully saturated rings. The standard InChI is InChI=1S/C7H9NO/c8-7-4-3-6(9-7)5-1-2-5/h3-5H,1-2,8H2. The third kappa shape index (κ3) is 0.803. The lowest BCUT2D eigenvalue weighted by molar-refractivity contribution is 0.530. The lowest BCUT2D eigenvalue weighted by Gasteiger charge is -1.85. The predicted octanol–water partition coefficient (Wildman–Crippen LogP) is 1.74. The molecule has 1 aliphatic carbocycles. The van der Waals surface area contributed by atoms with Crippen molar-refractivity contribution in [3.8, 4) is 0 Å². The van der Waals surface area contributed by atoms with E-state index >= 15 is 0 Å². The van der Waals surface area contributed by atoms with Crippen LogP contribution in [-0.4, -0.2) is 0 Å². The molecular formula is C7H9NO. The van der Waals surface area contributed by atoms with E-state index in [2.05, 4.69) is 0 Å². The molecule has 1 saturated carbocycles. The molecule has 2 N–H and O–H groups in total. The maximum absolute atomic E-state index is 5.38. The van der Waals surface area contributed by atoms with E-state index in [-0.39, 0.29) is 0 Å². The van der Waals surface area contributed by atoms with Crippen LogP contribution >= 0.6 is 0 Å². The maximum atomic E-state index is 5.38. The molecule has 0 saturated heterocycles. The van der Waals surface area contributed by atoms with Crippen molar-refractivity contribution < 1.29 is 4.42 Å². The van der Waals surface area contributed by atoms with Crippen LogP contribution in [0.5, 0.6) is 0 Å². The fourth-order valence-electron chi connectivity index (χ4n) is 0.956. The first kappa shape index (κ1) is 4.91. The van der Waals surface area contributed by atoms with Crippen molar-refractivity contribution in [2.24, 2.45) is 0 Å². The van der Waals surface area contributed by atoms with Crippen molar-refractivity contribution >= 4 is 5.88 Å². The Morgan fingerprint density at radius 2 is 2.22 bits per heavy atom. The van der Waals surface area contributed by atoms with Crippen LogP contribution in [0.1, 0.15) is 24.5 Å². The van der Waals surface area contributed by atoms with Gasteiger partial charge in [0, 0.05) is 12.0 Å². The zero-order valence-corrected chi connectivity index (χ0v) is 5.13. The number of hydrogen-bond acceptors (Lipinski definition) is 2. The van der Waals surface area contributed by atoms with Crippen molar-refractivity contribution in [1.82, 2.24) is 0 Å². The minimum Gasteiger partial charge on any atom is -0.446 e. The van der Waals surface area contributed by atoms with Crippen molar-refractivity contribution in [2.75, 3.05) is 5.73 Å². The number of furan rings is 1. The lowest BCUT2D eigenvalue weighted by atomic mass is 10.3. The molecule has 1 aromatic rings. The van der Waals surface area contributed by atoms with Crippen molar-refractivity contribution in [3.05, 3.63) is 17.9 Å². The van der Waals surface area contributed by atoms with Crippen LogP contribution < -0.4 is 5.73 Å². The minimum absolute atomic E-state index is 0.539. The summed E-state index contributed by atoms with van der Waals surface area (Å²) in [4.78, 5) is 0. The van der Waals surface area contributed by atoms with Crippen molar-refractivity contribution in [1.29, 1.82) is 0 Å². The largest absolute Gasteiger partial charge is 0.446 e. The van der Waals surface area contributed by atoms with Gasteiger partial charge in [0.1, 0.15) is 5.76 Å². The fraction of sp³-hybridized carbons (Fsp3) is 0.429. The first-order valence-electron chi connectivity index (χ1n) is 3.21. The van der Waals surface area contributed by atoms with E-state index in [0.29, 0.717) is 11.8 Å². The van der Waals surface area contributed by atoms with Gasteiger partial charge in [-0.1, -0.05) is 0 Å². The molecule has 0 aromatic carbocycles. The third-order valence-electron chi connectivity index (χ3n) is 1.63. The van der Waals surface area contributed by atoms with Crippen molar-refractivity contribution in [2.45, 2.75) is 18.8 Å². The van der Waals surface area contributed by atoms with Gasteiger partial charge in [0.15, 0.2) is 5.88 Å². The lowest BCUT2D eigenvalue weighted by Crippen LogP contribution is -1.76. The number of nitrogen functional groups attached to an aromatic ring is 1.